The van der Waals surface area contributed by atoms with Crippen molar-refractivity contribution in [2.24, 2.45) is 11.8 Å². The fourth-order valence-corrected chi connectivity index (χ4v) is 5.64. The van der Waals surface area contributed by atoms with Crippen LogP contribution in [0, 0.1) is 25.7 Å². The number of imide groups is 1. The van der Waals surface area contributed by atoms with Gasteiger partial charge in [-0.15, -0.1) is 0 Å². The van der Waals surface area contributed by atoms with Gasteiger partial charge in [-0.05, 0) is 37.1 Å². The maximum atomic E-state index is 13.5. The maximum absolute atomic E-state index is 13.5. The summed E-state index contributed by atoms with van der Waals surface area (Å²) in [5.41, 5.74) is 3.42. The van der Waals surface area contributed by atoms with Gasteiger partial charge < -0.3 is 4.90 Å². The summed E-state index contributed by atoms with van der Waals surface area (Å²) in [5, 5.41) is 0. The lowest BCUT2D eigenvalue weighted by molar-refractivity contribution is -0.915. The van der Waals surface area contributed by atoms with E-state index < -0.39 is 12.0 Å². The average molecular weight is 389 g/mol. The van der Waals surface area contributed by atoms with Gasteiger partial charge in [0.25, 0.3) is 0 Å². The number of rotatable bonds is 3. The van der Waals surface area contributed by atoms with Gasteiger partial charge in [0.15, 0.2) is 6.04 Å². The summed E-state index contributed by atoms with van der Waals surface area (Å²) in [6, 6.07) is 14.5. The van der Waals surface area contributed by atoms with Crippen LogP contribution in [0.15, 0.2) is 48.5 Å². The Morgan fingerprint density at radius 2 is 1.69 bits per heavy atom. The molecule has 3 aliphatic heterocycles. The highest BCUT2D eigenvalue weighted by Crippen LogP contribution is 2.40. The lowest BCUT2D eigenvalue weighted by Gasteiger charge is -2.25. The molecule has 3 aliphatic rings. The van der Waals surface area contributed by atoms with E-state index in [1.165, 1.54) is 4.90 Å². The lowest BCUT2D eigenvalue weighted by Crippen LogP contribution is -3.16. The van der Waals surface area contributed by atoms with Crippen LogP contribution < -0.4 is 9.80 Å². The Morgan fingerprint density at radius 3 is 2.41 bits per heavy atom. The second-order valence-electron chi connectivity index (χ2n) is 8.61. The van der Waals surface area contributed by atoms with E-state index in [0.717, 1.165) is 35.4 Å². The molecular weight excluding hydrogens is 364 g/mol. The van der Waals surface area contributed by atoms with Crippen molar-refractivity contribution >= 4 is 23.3 Å². The molecule has 3 fully saturated rings. The number of aryl methyl sites for hydroxylation is 2. The summed E-state index contributed by atoms with van der Waals surface area (Å²) in [7, 11) is 0. The first-order chi connectivity index (χ1) is 14.0. The molecule has 148 valence electrons. The fraction of sp³-hybridized carbons (Fsp3) is 0.375. The van der Waals surface area contributed by atoms with Crippen molar-refractivity contribution in [3.63, 3.8) is 0 Å². The first kappa shape index (κ1) is 18.3. The van der Waals surface area contributed by atoms with Gasteiger partial charge in [0.1, 0.15) is 17.9 Å². The monoisotopic (exact) mass is 389 g/mol. The highest BCUT2D eigenvalue weighted by molar-refractivity contribution is 6.24. The third-order valence-corrected chi connectivity index (χ3v) is 7.14. The Hall–Kier alpha value is -2.79. The number of amides is 2. The molecular formula is C24H25N2O3+. The maximum Gasteiger partial charge on any atom is 0.244 e. The van der Waals surface area contributed by atoms with Crippen LogP contribution in [0.1, 0.15) is 34.3 Å². The molecule has 0 aliphatic carbocycles. The SMILES string of the molecule is Cc1ccc(N2C(=O)[C@@H]3[C@@H](C2=O)[C@@H](C(=O)c2ccccc2)[NH+]2CCC[C@H]32)cc1C. The van der Waals surface area contributed by atoms with E-state index in [-0.39, 0.29) is 29.6 Å². The second-order valence-corrected chi connectivity index (χ2v) is 8.61. The largest absolute Gasteiger partial charge is 0.322 e. The van der Waals surface area contributed by atoms with Crippen LogP contribution in [0.5, 0.6) is 0 Å². The number of ketones is 1. The van der Waals surface area contributed by atoms with Gasteiger partial charge in [0.2, 0.25) is 17.6 Å². The molecule has 0 aromatic heterocycles. The average Bonchev–Trinajstić information content (AvgIpc) is 3.37. The van der Waals surface area contributed by atoms with Crippen molar-refractivity contribution < 1.29 is 19.3 Å². The van der Waals surface area contributed by atoms with Crippen LogP contribution in [0.25, 0.3) is 0 Å². The molecule has 5 rings (SSSR count). The highest BCUT2D eigenvalue weighted by atomic mass is 16.2. The van der Waals surface area contributed by atoms with Crippen molar-refractivity contribution in [2.45, 2.75) is 38.8 Å². The van der Waals surface area contributed by atoms with E-state index in [1.54, 1.807) is 0 Å². The number of Topliss-reactive ketones (excluding diaryl/α,β-unsaturated/α-hetero) is 1. The Bertz CT molecular complexity index is 1020. The molecule has 5 nitrogen and oxygen atoms in total. The Kier molecular flexibility index (Phi) is 4.17. The van der Waals surface area contributed by atoms with E-state index >= 15 is 0 Å². The topological polar surface area (TPSA) is 58.9 Å². The highest BCUT2D eigenvalue weighted by Gasteiger charge is 2.68. The van der Waals surface area contributed by atoms with Crippen LogP contribution in [0.2, 0.25) is 0 Å². The zero-order chi connectivity index (χ0) is 20.3. The van der Waals surface area contributed by atoms with Crippen molar-refractivity contribution in [1.29, 1.82) is 0 Å². The number of hydrogen-bond donors (Lipinski definition) is 1. The predicted molar refractivity (Wildman–Crippen MR) is 109 cm³/mol. The molecule has 1 unspecified atom stereocenters. The minimum Gasteiger partial charge on any atom is -0.322 e. The van der Waals surface area contributed by atoms with Gasteiger partial charge in [0, 0.05) is 18.4 Å². The number of fused-ring (bicyclic) bond motifs is 3. The van der Waals surface area contributed by atoms with Gasteiger partial charge in [-0.2, -0.15) is 0 Å². The van der Waals surface area contributed by atoms with Crippen molar-refractivity contribution in [3.05, 3.63) is 65.2 Å². The van der Waals surface area contributed by atoms with Crippen LogP contribution in [0.3, 0.4) is 0 Å². The molecule has 0 spiro atoms. The number of nitrogens with zero attached hydrogens (tertiary/aromatic N) is 1. The predicted octanol–water partition coefficient (Wildman–Crippen LogP) is 1.72. The second kappa shape index (κ2) is 6.63. The van der Waals surface area contributed by atoms with Crippen LogP contribution in [-0.4, -0.2) is 36.2 Å². The van der Waals surface area contributed by atoms with Crippen LogP contribution in [-0.2, 0) is 9.59 Å². The molecule has 5 heteroatoms. The molecule has 2 aromatic carbocycles. The summed E-state index contributed by atoms with van der Waals surface area (Å²) >= 11 is 0. The number of benzene rings is 2. The zero-order valence-electron chi connectivity index (χ0n) is 16.7. The minimum absolute atomic E-state index is 0.0110. The number of nitrogens with one attached hydrogen (secondary N) is 1. The molecule has 0 bridgehead atoms. The van der Waals surface area contributed by atoms with E-state index in [1.807, 2.05) is 62.4 Å². The van der Waals surface area contributed by atoms with Crippen molar-refractivity contribution in [2.75, 3.05) is 11.4 Å². The Morgan fingerprint density at radius 1 is 0.966 bits per heavy atom. The first-order valence-corrected chi connectivity index (χ1v) is 10.4. The number of carbonyl (C=O) groups is 3. The summed E-state index contributed by atoms with van der Waals surface area (Å²) in [6.45, 7) is 4.84. The molecule has 2 aromatic rings. The molecule has 0 radical (unpaired) electrons. The zero-order valence-corrected chi connectivity index (χ0v) is 16.7. The summed E-state index contributed by atoms with van der Waals surface area (Å²) in [5.74, 6) is -1.30. The van der Waals surface area contributed by atoms with Crippen LogP contribution >= 0.6 is 0 Å². The number of anilines is 1. The summed E-state index contributed by atoms with van der Waals surface area (Å²) < 4.78 is 0. The molecule has 3 heterocycles. The molecule has 29 heavy (non-hydrogen) atoms. The van der Waals surface area contributed by atoms with E-state index in [2.05, 4.69) is 0 Å². The van der Waals surface area contributed by atoms with Gasteiger partial charge in [-0.3, -0.25) is 14.4 Å². The Balaban J connectivity index is 1.56. The number of hydrogen-bond acceptors (Lipinski definition) is 3. The van der Waals surface area contributed by atoms with Gasteiger partial charge in [0.05, 0.1) is 12.2 Å². The third-order valence-electron chi connectivity index (χ3n) is 7.14. The Labute approximate surface area is 170 Å². The standard InChI is InChI=1S/C24H24N2O3/c1-14-10-11-17(13-15(14)2)26-23(28)19-18-9-6-12-25(18)21(20(19)24(26)29)22(27)16-7-4-3-5-8-16/h3-5,7-8,10-11,13,18-21H,6,9,12H2,1-2H3/p+1/t18-,19+,20-,21+/m1/s1. The van der Waals surface area contributed by atoms with Crippen molar-refractivity contribution in [3.8, 4) is 0 Å². The molecule has 3 saturated heterocycles. The number of quaternary nitrogens is 1. The summed E-state index contributed by atoms with van der Waals surface area (Å²) in [6.07, 6.45) is 1.89. The van der Waals surface area contributed by atoms with Gasteiger partial charge >= 0.3 is 0 Å². The van der Waals surface area contributed by atoms with Gasteiger partial charge in [-0.1, -0.05) is 36.4 Å². The molecule has 1 N–H and O–H groups in total. The smallest absolute Gasteiger partial charge is 0.244 e. The molecule has 5 atom stereocenters. The first-order valence-electron chi connectivity index (χ1n) is 10.4. The number of carbonyl (C=O) groups excluding carboxylic acids is 3. The normalized spacial score (nSPS) is 30.6. The molecule has 0 saturated carbocycles. The third kappa shape index (κ3) is 2.60. The lowest BCUT2D eigenvalue weighted by atomic mass is 9.85. The van der Waals surface area contributed by atoms with E-state index in [9.17, 15) is 14.4 Å². The van der Waals surface area contributed by atoms with E-state index in [4.69, 9.17) is 0 Å². The minimum atomic E-state index is -0.558. The fourth-order valence-electron chi connectivity index (χ4n) is 5.64. The van der Waals surface area contributed by atoms with E-state index in [0.29, 0.717) is 11.3 Å². The van der Waals surface area contributed by atoms with Gasteiger partial charge in [-0.25, -0.2) is 4.90 Å². The quantitative estimate of drug-likeness (QED) is 0.642. The van der Waals surface area contributed by atoms with Crippen molar-refractivity contribution in [1.82, 2.24) is 0 Å². The van der Waals surface area contributed by atoms with Crippen LogP contribution in [0.4, 0.5) is 5.69 Å². The molecule has 2 amide bonds. The summed E-state index contributed by atoms with van der Waals surface area (Å²) in [4.78, 5) is 42.8.